The number of nitrogens with zero attached hydrogens (tertiary/aromatic N) is 1. The van der Waals surface area contributed by atoms with Crippen LogP contribution in [0.4, 0.5) is 0 Å². The molecule has 1 aliphatic heterocycles. The van der Waals surface area contributed by atoms with Crippen LogP contribution >= 0.6 is 0 Å². The van der Waals surface area contributed by atoms with Gasteiger partial charge in [-0.3, -0.25) is 4.90 Å². The summed E-state index contributed by atoms with van der Waals surface area (Å²) >= 11 is 0. The summed E-state index contributed by atoms with van der Waals surface area (Å²) in [5, 5.41) is 3.35. The van der Waals surface area contributed by atoms with Crippen LogP contribution in [-0.4, -0.2) is 44.2 Å². The van der Waals surface area contributed by atoms with Gasteiger partial charge >= 0.3 is 0 Å². The van der Waals surface area contributed by atoms with Crippen LogP contribution in [0.15, 0.2) is 24.3 Å². The molecule has 0 aliphatic carbocycles. The smallest absolute Gasteiger partial charge is 0.124 e. The molecule has 1 aliphatic rings. The highest BCUT2D eigenvalue weighted by Gasteiger charge is 2.19. The molecule has 0 radical (unpaired) electrons. The monoisotopic (exact) mass is 263 g/mol. The maximum atomic E-state index is 6.17. The van der Waals surface area contributed by atoms with Gasteiger partial charge in [0.15, 0.2) is 0 Å². The van der Waals surface area contributed by atoms with Crippen LogP contribution in [0, 0.1) is 0 Å². The first kappa shape index (κ1) is 14.3. The van der Waals surface area contributed by atoms with Crippen LogP contribution in [0.3, 0.4) is 0 Å². The summed E-state index contributed by atoms with van der Waals surface area (Å²) in [5.74, 6) is 0.908. The van der Waals surface area contributed by atoms with Gasteiger partial charge in [0.2, 0.25) is 0 Å². The highest BCUT2D eigenvalue weighted by molar-refractivity contribution is 5.37. The van der Waals surface area contributed by atoms with Crippen molar-refractivity contribution >= 4 is 0 Å². The van der Waals surface area contributed by atoms with E-state index in [9.17, 15) is 0 Å². The topological polar surface area (TPSA) is 50.5 Å². The van der Waals surface area contributed by atoms with Crippen LogP contribution in [-0.2, 0) is 5.54 Å². The molecular weight excluding hydrogens is 238 g/mol. The third-order valence-corrected chi connectivity index (χ3v) is 3.46. The molecule has 0 aromatic heterocycles. The van der Waals surface area contributed by atoms with Gasteiger partial charge in [0.1, 0.15) is 12.4 Å². The molecule has 0 unspecified atom stereocenters. The van der Waals surface area contributed by atoms with Crippen LogP contribution in [0.1, 0.15) is 19.4 Å². The Bertz CT molecular complexity index is 395. The minimum atomic E-state index is -0.369. The summed E-state index contributed by atoms with van der Waals surface area (Å²) in [6, 6.07) is 8.05. The van der Waals surface area contributed by atoms with Gasteiger partial charge in [-0.2, -0.15) is 0 Å². The largest absolute Gasteiger partial charge is 0.492 e. The zero-order valence-corrected chi connectivity index (χ0v) is 12.0. The molecule has 0 amide bonds. The zero-order chi connectivity index (χ0) is 13.7. The molecule has 106 valence electrons. The first-order valence-electron chi connectivity index (χ1n) is 7.01. The highest BCUT2D eigenvalue weighted by Crippen LogP contribution is 2.27. The van der Waals surface area contributed by atoms with Crippen LogP contribution in [0.2, 0.25) is 0 Å². The molecule has 4 heteroatoms. The number of rotatable bonds is 5. The van der Waals surface area contributed by atoms with Gasteiger partial charge in [-0.25, -0.2) is 0 Å². The van der Waals surface area contributed by atoms with Crippen molar-refractivity contribution in [2.24, 2.45) is 5.73 Å². The molecule has 1 aromatic carbocycles. The number of hydrogen-bond donors (Lipinski definition) is 2. The SMILES string of the molecule is CC(C)(N)c1ccccc1OCCN1CCNCC1. The Labute approximate surface area is 115 Å². The van der Waals surface area contributed by atoms with Gasteiger partial charge in [-0.1, -0.05) is 18.2 Å². The molecule has 0 spiro atoms. The third-order valence-electron chi connectivity index (χ3n) is 3.46. The minimum Gasteiger partial charge on any atom is -0.492 e. The fraction of sp³-hybridized carbons (Fsp3) is 0.600. The molecule has 1 aromatic rings. The molecule has 1 fully saturated rings. The first-order valence-corrected chi connectivity index (χ1v) is 7.01. The average molecular weight is 263 g/mol. The summed E-state index contributed by atoms with van der Waals surface area (Å²) in [4.78, 5) is 2.42. The molecule has 3 N–H and O–H groups in total. The summed E-state index contributed by atoms with van der Waals surface area (Å²) in [6.07, 6.45) is 0. The lowest BCUT2D eigenvalue weighted by molar-refractivity contribution is 0.189. The summed E-state index contributed by atoms with van der Waals surface area (Å²) in [5.41, 5.74) is 6.87. The van der Waals surface area contributed by atoms with Gasteiger partial charge in [-0.05, 0) is 19.9 Å². The standard InChI is InChI=1S/C15H25N3O/c1-15(2,16)13-5-3-4-6-14(13)19-12-11-18-9-7-17-8-10-18/h3-6,17H,7-12,16H2,1-2H3. The first-order chi connectivity index (χ1) is 9.07. The molecule has 0 saturated carbocycles. The van der Waals surface area contributed by atoms with Crippen molar-refractivity contribution in [2.45, 2.75) is 19.4 Å². The summed E-state index contributed by atoms with van der Waals surface area (Å²) in [6.45, 7) is 10.1. The lowest BCUT2D eigenvalue weighted by atomic mass is 9.95. The Kier molecular flexibility index (Phi) is 4.80. The van der Waals surface area contributed by atoms with Gasteiger partial charge in [-0.15, -0.1) is 0 Å². The van der Waals surface area contributed by atoms with E-state index in [1.807, 2.05) is 38.1 Å². The average Bonchev–Trinajstić information content (AvgIpc) is 2.39. The van der Waals surface area contributed by atoms with Gasteiger partial charge in [0.05, 0.1) is 0 Å². The number of para-hydroxylation sites is 1. The Morgan fingerprint density at radius 1 is 1.26 bits per heavy atom. The second-order valence-electron chi connectivity index (χ2n) is 5.66. The van der Waals surface area contributed by atoms with Crippen molar-refractivity contribution in [3.8, 4) is 5.75 Å². The number of benzene rings is 1. The van der Waals surface area contributed by atoms with Gasteiger partial charge < -0.3 is 15.8 Å². The minimum absolute atomic E-state index is 0.369. The molecule has 0 atom stereocenters. The maximum Gasteiger partial charge on any atom is 0.124 e. The molecule has 2 rings (SSSR count). The van der Waals surface area contributed by atoms with Crippen molar-refractivity contribution in [2.75, 3.05) is 39.3 Å². The number of piperazine rings is 1. The molecule has 1 saturated heterocycles. The van der Waals surface area contributed by atoms with E-state index in [1.165, 1.54) is 0 Å². The fourth-order valence-electron chi connectivity index (χ4n) is 2.34. The van der Waals surface area contributed by atoms with Crippen LogP contribution in [0.5, 0.6) is 5.75 Å². The van der Waals surface area contributed by atoms with E-state index in [0.29, 0.717) is 6.61 Å². The number of hydrogen-bond acceptors (Lipinski definition) is 4. The van der Waals surface area contributed by atoms with Crippen LogP contribution < -0.4 is 15.8 Å². The van der Waals surface area contributed by atoms with E-state index in [1.54, 1.807) is 0 Å². The van der Waals surface area contributed by atoms with E-state index >= 15 is 0 Å². The second-order valence-corrected chi connectivity index (χ2v) is 5.66. The van der Waals surface area contributed by atoms with Crippen molar-refractivity contribution in [3.05, 3.63) is 29.8 Å². The molecule has 19 heavy (non-hydrogen) atoms. The molecule has 1 heterocycles. The fourth-order valence-corrected chi connectivity index (χ4v) is 2.34. The van der Waals surface area contributed by atoms with E-state index < -0.39 is 0 Å². The predicted octanol–water partition coefficient (Wildman–Crippen LogP) is 1.16. The number of ether oxygens (including phenoxy) is 1. The van der Waals surface area contributed by atoms with Gasteiger partial charge in [0, 0.05) is 43.8 Å². The molecular formula is C15H25N3O. The highest BCUT2D eigenvalue weighted by atomic mass is 16.5. The third kappa shape index (κ3) is 4.20. The quantitative estimate of drug-likeness (QED) is 0.837. The summed E-state index contributed by atoms with van der Waals surface area (Å²) < 4.78 is 5.92. The van der Waals surface area contributed by atoms with Crippen molar-refractivity contribution in [3.63, 3.8) is 0 Å². The van der Waals surface area contributed by atoms with E-state index in [2.05, 4.69) is 10.2 Å². The Balaban J connectivity index is 1.88. The predicted molar refractivity (Wildman–Crippen MR) is 78.5 cm³/mol. The Hall–Kier alpha value is -1.10. The number of nitrogens with one attached hydrogen (secondary N) is 1. The maximum absolute atomic E-state index is 6.17. The molecule has 0 bridgehead atoms. The molecule has 4 nitrogen and oxygen atoms in total. The Morgan fingerprint density at radius 3 is 2.63 bits per heavy atom. The van der Waals surface area contributed by atoms with Crippen molar-refractivity contribution in [1.82, 2.24) is 10.2 Å². The van der Waals surface area contributed by atoms with E-state index in [-0.39, 0.29) is 5.54 Å². The second kappa shape index (κ2) is 6.37. The lowest BCUT2D eigenvalue weighted by Crippen LogP contribution is -2.44. The number of nitrogens with two attached hydrogens (primary N) is 1. The van der Waals surface area contributed by atoms with Gasteiger partial charge in [0.25, 0.3) is 0 Å². The Morgan fingerprint density at radius 2 is 1.95 bits per heavy atom. The summed E-state index contributed by atoms with van der Waals surface area (Å²) in [7, 11) is 0. The van der Waals surface area contributed by atoms with E-state index in [4.69, 9.17) is 10.5 Å². The van der Waals surface area contributed by atoms with Crippen molar-refractivity contribution in [1.29, 1.82) is 0 Å². The van der Waals surface area contributed by atoms with Crippen molar-refractivity contribution < 1.29 is 4.74 Å². The lowest BCUT2D eigenvalue weighted by Gasteiger charge is -2.28. The zero-order valence-electron chi connectivity index (χ0n) is 12.0. The normalized spacial score (nSPS) is 17.4. The van der Waals surface area contributed by atoms with Crippen LogP contribution in [0.25, 0.3) is 0 Å². The van der Waals surface area contributed by atoms with E-state index in [0.717, 1.165) is 44.0 Å².